The van der Waals surface area contributed by atoms with Gasteiger partial charge in [0.05, 0.1) is 29.8 Å². The van der Waals surface area contributed by atoms with E-state index in [9.17, 15) is 29.1 Å². The van der Waals surface area contributed by atoms with Crippen molar-refractivity contribution in [3.63, 3.8) is 0 Å². The Balaban J connectivity index is 1.88. The number of methoxy groups -OCH3 is 3. The van der Waals surface area contributed by atoms with Crippen molar-refractivity contribution in [2.45, 2.75) is 31.4 Å². The van der Waals surface area contributed by atoms with Gasteiger partial charge in [0.2, 0.25) is 5.78 Å². The maximum atomic E-state index is 14.9. The Labute approximate surface area is 282 Å². The molecular formula is C35H38N2O12. The SMILES string of the molecule is COCOc1ccc(C(=O)N[C@@H]2CN(C(=O)O)CCC[C@]2(OC(=O)c2ccccc2)C(=O)c2cc(OC)ccc2OCOC)cc1C(C)=O. The Morgan fingerprint density at radius 2 is 1.51 bits per heavy atom. The summed E-state index contributed by atoms with van der Waals surface area (Å²) in [7, 11) is 4.22. The molecule has 0 aliphatic carbocycles. The van der Waals surface area contributed by atoms with Gasteiger partial charge >= 0.3 is 12.1 Å². The summed E-state index contributed by atoms with van der Waals surface area (Å²) in [5.74, 6) is -2.27. The average molecular weight is 679 g/mol. The summed E-state index contributed by atoms with van der Waals surface area (Å²) in [6.07, 6.45) is -1.39. The van der Waals surface area contributed by atoms with Crippen molar-refractivity contribution in [3.8, 4) is 17.2 Å². The van der Waals surface area contributed by atoms with Gasteiger partial charge in [-0.25, -0.2) is 9.59 Å². The number of rotatable bonds is 14. The highest BCUT2D eigenvalue weighted by Gasteiger charge is 2.53. The number of ether oxygens (including phenoxy) is 6. The second-order valence-corrected chi connectivity index (χ2v) is 11.1. The molecule has 1 heterocycles. The second kappa shape index (κ2) is 16.6. The van der Waals surface area contributed by atoms with E-state index in [-0.39, 0.29) is 72.5 Å². The van der Waals surface area contributed by atoms with Crippen LogP contribution in [0.5, 0.6) is 17.2 Å². The zero-order chi connectivity index (χ0) is 35.6. The van der Waals surface area contributed by atoms with Crippen LogP contribution in [0.3, 0.4) is 0 Å². The molecule has 260 valence electrons. The highest BCUT2D eigenvalue weighted by atomic mass is 16.7. The summed E-state index contributed by atoms with van der Waals surface area (Å²) < 4.78 is 32.7. The highest BCUT2D eigenvalue weighted by Crippen LogP contribution is 2.37. The van der Waals surface area contributed by atoms with Crippen LogP contribution in [0.15, 0.2) is 66.7 Å². The number of carbonyl (C=O) groups excluding carboxylic acids is 4. The van der Waals surface area contributed by atoms with Gasteiger partial charge in [-0.15, -0.1) is 0 Å². The zero-order valence-corrected chi connectivity index (χ0v) is 27.6. The number of esters is 1. The number of amides is 2. The van der Waals surface area contributed by atoms with Crippen molar-refractivity contribution in [2.75, 3.05) is 48.0 Å². The molecular weight excluding hydrogens is 640 g/mol. The Morgan fingerprint density at radius 1 is 0.857 bits per heavy atom. The van der Waals surface area contributed by atoms with Crippen LogP contribution in [-0.2, 0) is 14.2 Å². The number of Topliss-reactive ketones (excluding diaryl/α,β-unsaturated/α-hetero) is 2. The van der Waals surface area contributed by atoms with E-state index in [0.29, 0.717) is 0 Å². The summed E-state index contributed by atoms with van der Waals surface area (Å²) in [5, 5.41) is 12.8. The van der Waals surface area contributed by atoms with Crippen LogP contribution in [0.25, 0.3) is 0 Å². The number of hydrogen-bond donors (Lipinski definition) is 2. The molecule has 1 aliphatic rings. The molecule has 0 spiro atoms. The highest BCUT2D eigenvalue weighted by molar-refractivity contribution is 6.08. The summed E-state index contributed by atoms with van der Waals surface area (Å²) in [5.41, 5.74) is -2.00. The molecule has 49 heavy (non-hydrogen) atoms. The lowest BCUT2D eigenvalue weighted by molar-refractivity contribution is -0.0274. The van der Waals surface area contributed by atoms with Crippen molar-refractivity contribution < 1.29 is 57.5 Å². The summed E-state index contributed by atoms with van der Waals surface area (Å²) in [6.45, 7) is 0.485. The number of ketones is 2. The van der Waals surface area contributed by atoms with E-state index >= 15 is 0 Å². The van der Waals surface area contributed by atoms with Crippen molar-refractivity contribution in [3.05, 3.63) is 89.0 Å². The molecule has 0 aromatic heterocycles. The number of likely N-dealkylation sites (tertiary alicyclic amines) is 1. The fourth-order valence-electron chi connectivity index (χ4n) is 5.47. The predicted molar refractivity (Wildman–Crippen MR) is 173 cm³/mol. The largest absolute Gasteiger partial charge is 0.497 e. The molecule has 2 N–H and O–H groups in total. The molecule has 0 unspecified atom stereocenters. The zero-order valence-electron chi connectivity index (χ0n) is 27.6. The van der Waals surface area contributed by atoms with E-state index in [1.54, 1.807) is 24.3 Å². The van der Waals surface area contributed by atoms with E-state index in [1.807, 2.05) is 0 Å². The predicted octanol–water partition coefficient (Wildman–Crippen LogP) is 4.21. The van der Waals surface area contributed by atoms with Gasteiger partial charge in [-0.05, 0) is 68.3 Å². The van der Waals surface area contributed by atoms with Gasteiger partial charge in [0.15, 0.2) is 25.0 Å². The third kappa shape index (κ3) is 8.52. The third-order valence-corrected chi connectivity index (χ3v) is 7.90. The maximum absolute atomic E-state index is 14.9. The van der Waals surface area contributed by atoms with Gasteiger partial charge in [-0.3, -0.25) is 14.4 Å². The van der Waals surface area contributed by atoms with Crippen molar-refractivity contribution in [1.29, 1.82) is 0 Å². The molecule has 3 aromatic carbocycles. The smallest absolute Gasteiger partial charge is 0.407 e. The van der Waals surface area contributed by atoms with Gasteiger partial charge in [0.1, 0.15) is 17.2 Å². The van der Waals surface area contributed by atoms with Crippen LogP contribution < -0.4 is 19.5 Å². The Bertz CT molecular complexity index is 1680. The lowest BCUT2D eigenvalue weighted by Gasteiger charge is -2.39. The third-order valence-electron chi connectivity index (χ3n) is 7.90. The van der Waals surface area contributed by atoms with Crippen molar-refractivity contribution in [2.24, 2.45) is 0 Å². The molecule has 0 saturated carbocycles. The Hall–Kier alpha value is -5.47. The number of benzene rings is 3. The molecule has 2 atom stereocenters. The minimum absolute atomic E-state index is 0.00215. The van der Waals surface area contributed by atoms with Gasteiger partial charge in [0, 0.05) is 32.9 Å². The van der Waals surface area contributed by atoms with Gasteiger partial charge in [-0.1, -0.05) is 18.2 Å². The normalized spacial score (nSPS) is 17.3. The maximum Gasteiger partial charge on any atom is 0.407 e. The number of nitrogens with zero attached hydrogens (tertiary/aromatic N) is 1. The monoisotopic (exact) mass is 678 g/mol. The van der Waals surface area contributed by atoms with Gasteiger partial charge in [-0.2, -0.15) is 0 Å². The van der Waals surface area contributed by atoms with Crippen molar-refractivity contribution >= 4 is 29.5 Å². The Kier molecular flexibility index (Phi) is 12.3. The van der Waals surface area contributed by atoms with Crippen LogP contribution in [0.1, 0.15) is 61.2 Å². The standard InChI is InChI=1S/C35H38N2O12/c1-22(38)26-17-24(11-13-28(26)47-20-44-2)32(40)36-30-19-37(34(42)43)16-8-15-35(30,49-33(41)23-9-6-5-7-10-23)31(39)27-18-25(46-4)12-14-29(27)48-21-45-3/h5-7,9-14,17-18,30H,8,15-16,19-21H2,1-4H3,(H,36,40)(H,42,43)/t30-,35-/m1/s1. The first-order valence-corrected chi connectivity index (χ1v) is 15.2. The van der Waals surface area contributed by atoms with Crippen LogP contribution in [0, 0.1) is 0 Å². The molecule has 1 saturated heterocycles. The second-order valence-electron chi connectivity index (χ2n) is 11.1. The van der Waals surface area contributed by atoms with Crippen LogP contribution in [0.2, 0.25) is 0 Å². The lowest BCUT2D eigenvalue weighted by atomic mass is 9.81. The van der Waals surface area contributed by atoms with Crippen LogP contribution in [0.4, 0.5) is 4.79 Å². The molecule has 14 nitrogen and oxygen atoms in total. The van der Waals surface area contributed by atoms with E-state index in [4.69, 9.17) is 28.4 Å². The summed E-state index contributed by atoms with van der Waals surface area (Å²) >= 11 is 0. The molecule has 1 aliphatic heterocycles. The topological polar surface area (TPSA) is 176 Å². The first kappa shape index (κ1) is 36.4. The van der Waals surface area contributed by atoms with E-state index < -0.39 is 47.7 Å². The number of carbonyl (C=O) groups is 5. The molecule has 4 rings (SSSR count). The summed E-state index contributed by atoms with van der Waals surface area (Å²) in [6, 6.07) is 15.1. The molecule has 0 bridgehead atoms. The number of carboxylic acid groups (broad SMARTS) is 1. The minimum atomic E-state index is -2.16. The Morgan fingerprint density at radius 3 is 2.12 bits per heavy atom. The van der Waals surface area contributed by atoms with E-state index in [2.05, 4.69) is 5.32 Å². The number of nitrogens with one attached hydrogen (secondary N) is 1. The van der Waals surface area contributed by atoms with Crippen molar-refractivity contribution in [1.82, 2.24) is 10.2 Å². The van der Waals surface area contributed by atoms with Crippen LogP contribution in [-0.4, -0.2) is 99.2 Å². The fourth-order valence-corrected chi connectivity index (χ4v) is 5.47. The molecule has 14 heteroatoms. The van der Waals surface area contributed by atoms with Gasteiger partial charge < -0.3 is 43.7 Å². The minimum Gasteiger partial charge on any atom is -0.497 e. The number of hydrogen-bond acceptors (Lipinski definition) is 11. The first-order chi connectivity index (χ1) is 23.5. The average Bonchev–Trinajstić information content (AvgIpc) is 3.29. The fraction of sp³-hybridized carbons (Fsp3) is 0.343. The van der Waals surface area contributed by atoms with Gasteiger partial charge in [0.25, 0.3) is 5.91 Å². The van der Waals surface area contributed by atoms with E-state index in [0.717, 1.165) is 4.90 Å². The quantitative estimate of drug-likeness (QED) is 0.141. The molecule has 2 amide bonds. The first-order valence-electron chi connectivity index (χ1n) is 15.2. The van der Waals surface area contributed by atoms with Crippen LogP contribution >= 0.6 is 0 Å². The van der Waals surface area contributed by atoms with E-state index in [1.165, 1.54) is 70.7 Å². The lowest BCUT2D eigenvalue weighted by Crippen LogP contribution is -2.62. The molecule has 1 fully saturated rings. The molecule has 3 aromatic rings. The molecule has 0 radical (unpaired) electrons. The summed E-state index contributed by atoms with van der Waals surface area (Å²) in [4.78, 5) is 68.5.